The summed E-state index contributed by atoms with van der Waals surface area (Å²) in [6.45, 7) is 0.0306. The van der Waals surface area contributed by atoms with Crippen molar-refractivity contribution in [2.75, 3.05) is 7.11 Å². The zero-order valence-corrected chi connectivity index (χ0v) is 12.0. The Balaban J connectivity index is 2.24. The molecule has 110 valence electrons. The highest BCUT2D eigenvalue weighted by atomic mass is 35.5. The average Bonchev–Trinajstić information content (AvgIpc) is 2.46. The van der Waals surface area contributed by atoms with E-state index in [1.807, 2.05) is 0 Å². The van der Waals surface area contributed by atoms with Gasteiger partial charge in [0.1, 0.15) is 23.9 Å². The van der Waals surface area contributed by atoms with Gasteiger partial charge in [0.15, 0.2) is 0 Å². The number of hydrogen-bond donors (Lipinski definition) is 1. The number of primary amides is 1. The quantitative estimate of drug-likeness (QED) is 0.922. The minimum absolute atomic E-state index is 0.0306. The molecule has 0 saturated carbocycles. The van der Waals surface area contributed by atoms with Crippen LogP contribution in [0, 0.1) is 5.82 Å². The van der Waals surface area contributed by atoms with Crippen molar-refractivity contribution >= 4 is 17.5 Å². The molecule has 0 bridgehead atoms. The Hall–Kier alpha value is -2.27. The normalized spacial score (nSPS) is 10.2. The molecule has 6 heteroatoms. The number of benzene rings is 2. The zero-order chi connectivity index (χ0) is 15.4. The molecule has 0 radical (unpaired) electrons. The summed E-state index contributed by atoms with van der Waals surface area (Å²) in [4.78, 5) is 11.4. The molecule has 4 nitrogen and oxygen atoms in total. The van der Waals surface area contributed by atoms with Gasteiger partial charge in [0, 0.05) is 10.6 Å². The fourth-order valence-electron chi connectivity index (χ4n) is 1.84. The van der Waals surface area contributed by atoms with Crippen LogP contribution in [0.2, 0.25) is 5.02 Å². The fraction of sp³-hybridized carbons (Fsp3) is 0.133. The number of hydrogen-bond acceptors (Lipinski definition) is 3. The van der Waals surface area contributed by atoms with Gasteiger partial charge >= 0.3 is 0 Å². The lowest BCUT2D eigenvalue weighted by Gasteiger charge is -2.12. The number of carbonyl (C=O) groups is 1. The lowest BCUT2D eigenvalue weighted by Crippen LogP contribution is -2.13. The van der Waals surface area contributed by atoms with E-state index in [-0.39, 0.29) is 17.9 Å². The Morgan fingerprint density at radius 2 is 1.95 bits per heavy atom. The third-order valence-corrected chi connectivity index (χ3v) is 3.07. The minimum atomic E-state index is -0.654. The summed E-state index contributed by atoms with van der Waals surface area (Å²) in [6.07, 6.45) is 0. The number of halogens is 2. The molecule has 0 aliphatic carbocycles. The van der Waals surface area contributed by atoms with E-state index in [0.29, 0.717) is 16.3 Å². The fourth-order valence-corrected chi connectivity index (χ4v) is 2.01. The largest absolute Gasteiger partial charge is 0.496 e. The van der Waals surface area contributed by atoms with Crippen molar-refractivity contribution in [3.63, 3.8) is 0 Å². The summed E-state index contributed by atoms with van der Waals surface area (Å²) in [7, 11) is 1.48. The molecule has 0 fully saturated rings. The van der Waals surface area contributed by atoms with Gasteiger partial charge in [0.25, 0.3) is 5.91 Å². The van der Waals surface area contributed by atoms with Gasteiger partial charge in [-0.15, -0.1) is 0 Å². The second-order valence-electron chi connectivity index (χ2n) is 4.25. The van der Waals surface area contributed by atoms with Crippen LogP contribution in [0.3, 0.4) is 0 Å². The number of carbonyl (C=O) groups excluding carboxylic acids is 1. The van der Waals surface area contributed by atoms with Crippen molar-refractivity contribution in [2.45, 2.75) is 6.61 Å². The Kier molecular flexibility index (Phi) is 4.65. The molecule has 0 aliphatic heterocycles. The van der Waals surface area contributed by atoms with Crippen molar-refractivity contribution in [3.05, 3.63) is 58.4 Å². The van der Waals surface area contributed by atoms with E-state index >= 15 is 0 Å². The smallest absolute Gasteiger partial charge is 0.252 e. The van der Waals surface area contributed by atoms with Crippen LogP contribution in [0.1, 0.15) is 15.9 Å². The molecule has 0 heterocycles. The van der Waals surface area contributed by atoms with Crippen molar-refractivity contribution in [2.24, 2.45) is 5.73 Å². The third-order valence-electron chi connectivity index (χ3n) is 2.83. The predicted octanol–water partition coefficient (Wildman–Crippen LogP) is 3.17. The van der Waals surface area contributed by atoms with Crippen LogP contribution in [0.5, 0.6) is 11.5 Å². The molecule has 0 atom stereocenters. The van der Waals surface area contributed by atoms with Gasteiger partial charge in [-0.25, -0.2) is 4.39 Å². The molecule has 2 rings (SSSR count). The second kappa shape index (κ2) is 6.45. The molecule has 0 aromatic heterocycles. The molecule has 21 heavy (non-hydrogen) atoms. The zero-order valence-electron chi connectivity index (χ0n) is 11.2. The highest BCUT2D eigenvalue weighted by Gasteiger charge is 2.12. The molecular formula is C15H13ClFNO3. The summed E-state index contributed by atoms with van der Waals surface area (Å²) in [5, 5.41) is 0.375. The number of rotatable bonds is 5. The van der Waals surface area contributed by atoms with Crippen LogP contribution in [0.25, 0.3) is 0 Å². The second-order valence-corrected chi connectivity index (χ2v) is 4.69. The van der Waals surface area contributed by atoms with Crippen LogP contribution >= 0.6 is 11.6 Å². The Morgan fingerprint density at radius 3 is 2.62 bits per heavy atom. The highest BCUT2D eigenvalue weighted by Crippen LogP contribution is 2.26. The molecule has 0 saturated heterocycles. The lowest BCUT2D eigenvalue weighted by molar-refractivity contribution is 0.0996. The Morgan fingerprint density at radius 1 is 1.24 bits per heavy atom. The first-order valence-corrected chi connectivity index (χ1v) is 6.43. The van der Waals surface area contributed by atoms with Gasteiger partial charge < -0.3 is 15.2 Å². The third kappa shape index (κ3) is 3.64. The van der Waals surface area contributed by atoms with Gasteiger partial charge in [-0.2, -0.15) is 0 Å². The van der Waals surface area contributed by atoms with Crippen molar-refractivity contribution in [3.8, 4) is 11.5 Å². The molecule has 2 aromatic rings. The number of nitrogens with two attached hydrogens (primary N) is 1. The first kappa shape index (κ1) is 15.1. The van der Waals surface area contributed by atoms with Gasteiger partial charge in [-0.1, -0.05) is 11.6 Å². The number of ether oxygens (including phenoxy) is 2. The van der Waals surface area contributed by atoms with Crippen molar-refractivity contribution in [1.82, 2.24) is 0 Å². The summed E-state index contributed by atoms with van der Waals surface area (Å²) in [5.74, 6) is -0.288. The monoisotopic (exact) mass is 309 g/mol. The molecule has 0 spiro atoms. The van der Waals surface area contributed by atoms with Gasteiger partial charge in [0.2, 0.25) is 0 Å². The van der Waals surface area contributed by atoms with Crippen molar-refractivity contribution < 1.29 is 18.7 Å². The average molecular weight is 310 g/mol. The van der Waals surface area contributed by atoms with Crippen LogP contribution in [0.4, 0.5) is 4.39 Å². The maximum atomic E-state index is 13.3. The summed E-state index contributed by atoms with van der Waals surface area (Å²) in [6, 6.07) is 8.63. The van der Waals surface area contributed by atoms with Crippen LogP contribution in [0.15, 0.2) is 36.4 Å². The first-order chi connectivity index (χ1) is 10.0. The van der Waals surface area contributed by atoms with E-state index in [1.165, 1.54) is 37.4 Å². The summed E-state index contributed by atoms with van der Waals surface area (Å²) >= 11 is 5.81. The maximum Gasteiger partial charge on any atom is 0.252 e. The first-order valence-electron chi connectivity index (χ1n) is 6.06. The van der Waals surface area contributed by atoms with E-state index in [4.69, 9.17) is 26.8 Å². The lowest BCUT2D eigenvalue weighted by atomic mass is 10.2. The number of methoxy groups -OCH3 is 1. The van der Waals surface area contributed by atoms with Gasteiger partial charge in [-0.05, 0) is 36.4 Å². The van der Waals surface area contributed by atoms with Crippen LogP contribution < -0.4 is 15.2 Å². The van der Waals surface area contributed by atoms with E-state index in [1.54, 1.807) is 6.07 Å². The topological polar surface area (TPSA) is 61.6 Å². The van der Waals surface area contributed by atoms with E-state index in [0.717, 1.165) is 0 Å². The van der Waals surface area contributed by atoms with E-state index in [2.05, 4.69) is 0 Å². The van der Waals surface area contributed by atoms with E-state index in [9.17, 15) is 9.18 Å². The Labute approximate surface area is 126 Å². The summed E-state index contributed by atoms with van der Waals surface area (Å²) in [5.41, 5.74) is 5.95. The summed E-state index contributed by atoms with van der Waals surface area (Å²) < 4.78 is 23.9. The molecular weight excluding hydrogens is 297 g/mol. The Bertz CT molecular complexity index is 676. The molecule has 0 unspecified atom stereocenters. The van der Waals surface area contributed by atoms with Gasteiger partial charge in [-0.3, -0.25) is 4.79 Å². The van der Waals surface area contributed by atoms with Crippen LogP contribution in [-0.2, 0) is 6.61 Å². The molecule has 2 N–H and O–H groups in total. The van der Waals surface area contributed by atoms with E-state index < -0.39 is 11.7 Å². The molecule has 0 aliphatic rings. The number of amides is 1. The SMILES string of the molecule is COc1ccc(F)cc1COc1ccc(Cl)cc1C(N)=O. The van der Waals surface area contributed by atoms with Gasteiger partial charge in [0.05, 0.1) is 12.7 Å². The highest BCUT2D eigenvalue weighted by molar-refractivity contribution is 6.31. The molecule has 2 aromatic carbocycles. The minimum Gasteiger partial charge on any atom is -0.496 e. The maximum absolute atomic E-state index is 13.3. The van der Waals surface area contributed by atoms with Crippen LogP contribution in [-0.4, -0.2) is 13.0 Å². The molecule has 1 amide bonds. The van der Waals surface area contributed by atoms with Crippen molar-refractivity contribution in [1.29, 1.82) is 0 Å². The standard InChI is InChI=1S/C15H13ClFNO3/c1-20-13-5-3-11(17)6-9(13)8-21-14-4-2-10(16)7-12(14)15(18)19/h2-7H,8H2,1H3,(H2,18,19). The predicted molar refractivity (Wildman–Crippen MR) is 77.3 cm³/mol.